The highest BCUT2D eigenvalue weighted by Gasteiger charge is 2.31. The van der Waals surface area contributed by atoms with Crippen molar-refractivity contribution in [1.29, 1.82) is 0 Å². The quantitative estimate of drug-likeness (QED) is 0.0239. The Balaban J connectivity index is 0.000000170. The fourth-order valence-electron chi connectivity index (χ4n) is 12.7. The van der Waals surface area contributed by atoms with Crippen molar-refractivity contribution in [1.82, 2.24) is 106 Å². The number of rotatable bonds is 26. The smallest absolute Gasteiger partial charge is 0.250 e. The molecule has 5 aliphatic carbocycles. The number of primary sulfonamides is 1. The van der Waals surface area contributed by atoms with Gasteiger partial charge in [-0.1, -0.05) is 35.3 Å². The van der Waals surface area contributed by atoms with Gasteiger partial charge in [0.05, 0.1) is 54.8 Å². The molecule has 0 aliphatic heterocycles. The molecule has 0 bridgehead atoms. The fraction of sp³-hybridized carbons (Fsp3) is 0.241. The molecule has 20 rings (SSSR count). The summed E-state index contributed by atoms with van der Waals surface area (Å²) >= 11 is 14.6. The minimum atomic E-state index is -3.86. The molecule has 18 N–H and O–H groups in total. The van der Waals surface area contributed by atoms with Crippen molar-refractivity contribution < 1.29 is 48.9 Å². The zero-order valence-electron chi connectivity index (χ0n) is 68.0. The van der Waals surface area contributed by atoms with Crippen LogP contribution in [0, 0.1) is 32.4 Å². The van der Waals surface area contributed by atoms with E-state index < -0.39 is 43.5 Å². The lowest BCUT2D eigenvalue weighted by Gasteiger charge is -2.09. The first-order valence-electron chi connectivity index (χ1n) is 39.8. The highest BCUT2D eigenvalue weighted by molar-refractivity contribution is 7.91. The first-order chi connectivity index (χ1) is 61.1. The summed E-state index contributed by atoms with van der Waals surface area (Å²) in [5.41, 5.74) is 20.8. The van der Waals surface area contributed by atoms with Crippen molar-refractivity contribution in [2.75, 3.05) is 33.6 Å². The number of hydrogen-bond acceptors (Lipinski definition) is 29. The standard InChI is InChI=1S/C18H17ClN6O.C17H14ClFN6O.C16H15FN6O2S.C16H18N6O2S2.C16H17N5OS.6H2/c1-9-8-21-18(11-4-5-13(19)12(6-11)16(20)26)23-17(9)22-15-7-14(24-25-15)10-2-3-10;18-11-4-3-9(5-10(11)15(20)26)16-21-7-12(19)17(23-16)22-14-6-13(24-25-14)8-1-2-8;17-12-8-19-15(10-2-1-3-11(6-10)26(18,24)25)21-16(12)20-14-7-13(22-23-14)9-4-5-9;1-9-8-18-16(12-5-6-14(25-12)26(23,24)17-2)20-15(9)19-13-7-11(21-22-13)10-3-4-10;1-9-7-17-16(13-5-4-11(8-22)23-13)19-15(9)18-14-6-12(20-21-14)10-2-3-10;;;;;;/h4-8,10H,2-3H2,1H3,(H2,20,26)(H2,21,22,23,24,25);3-8H,1-2H2,(H2,20,26)(H2,21,22,23,24,25);1-3,6-9H,4-5H2,(H2,18,24,25)(H2,19,20,21,22,23);5-8,10,17H,3-4H2,1-2H3,(H2,18,19,20,21,22);4-7,10,22H,2-3,8H2,1H3,(H2,17,18,19,20,21);6*1H. The number of anilines is 10. The average molecular weight is 1850 g/mol. The van der Waals surface area contributed by atoms with E-state index in [1.54, 1.807) is 61.1 Å². The molecular weight excluding hydrogens is 1750 g/mol. The third kappa shape index (κ3) is 22.0. The number of aryl methyl sites for hydroxylation is 3. The van der Waals surface area contributed by atoms with Crippen LogP contribution < -0.4 is 47.9 Å². The number of H-pyrrole nitrogens is 5. The number of aliphatic hydroxyl groups excluding tert-OH is 1. The van der Waals surface area contributed by atoms with Crippen LogP contribution in [0.2, 0.25) is 10.0 Å². The second-order valence-corrected chi connectivity index (χ2v) is 37.2. The van der Waals surface area contributed by atoms with Gasteiger partial charge in [-0.2, -0.15) is 25.5 Å². The van der Waals surface area contributed by atoms with Gasteiger partial charge in [0.2, 0.25) is 31.9 Å². The predicted octanol–water partition coefficient (Wildman–Crippen LogP) is 16.8. The van der Waals surface area contributed by atoms with Crippen molar-refractivity contribution in [3.8, 4) is 55.6 Å². The molecule has 3 aromatic carbocycles. The molecule has 0 saturated heterocycles. The highest BCUT2D eigenvalue weighted by atomic mass is 35.5. The van der Waals surface area contributed by atoms with Crippen LogP contribution in [0.15, 0.2) is 155 Å². The van der Waals surface area contributed by atoms with Gasteiger partial charge >= 0.3 is 0 Å². The average Bonchev–Trinajstić information content (AvgIpc) is 1.53. The van der Waals surface area contributed by atoms with Crippen molar-refractivity contribution in [3.63, 3.8) is 0 Å². The third-order valence-corrected chi connectivity index (χ3v) is 26.1. The normalized spacial score (nSPS) is 14.1. The topological polar surface area (TPSA) is 545 Å². The van der Waals surface area contributed by atoms with Gasteiger partial charge in [-0.25, -0.2) is 85.3 Å². The van der Waals surface area contributed by atoms with Gasteiger partial charge in [-0.05, 0) is 165 Å². The Hall–Kier alpha value is -13.3. The van der Waals surface area contributed by atoms with Gasteiger partial charge in [-0.15, -0.1) is 22.7 Å². The minimum absolute atomic E-state index is 0. The predicted molar refractivity (Wildman–Crippen MR) is 490 cm³/mol. The number of nitrogens with two attached hydrogens (primary N) is 3. The van der Waals surface area contributed by atoms with Crippen LogP contribution in [-0.2, 0) is 26.7 Å². The maximum atomic E-state index is 14.1. The van der Waals surface area contributed by atoms with E-state index in [1.807, 2.05) is 63.2 Å². The molecule has 5 aliphatic rings. The van der Waals surface area contributed by atoms with Crippen molar-refractivity contribution >= 4 is 136 Å². The number of aliphatic hydroxyl groups is 1. The van der Waals surface area contributed by atoms with E-state index in [1.165, 1.54) is 92.9 Å². The van der Waals surface area contributed by atoms with E-state index in [0.29, 0.717) is 109 Å². The van der Waals surface area contributed by atoms with E-state index >= 15 is 0 Å². The summed E-state index contributed by atoms with van der Waals surface area (Å²) in [6.07, 6.45) is 19.1. The number of halogens is 4. The van der Waals surface area contributed by atoms with E-state index in [0.717, 1.165) is 110 Å². The molecule has 5 fully saturated rings. The summed E-state index contributed by atoms with van der Waals surface area (Å²) in [5.74, 6) is 7.42. The number of aromatic amines is 5. The molecule has 44 heteroatoms. The molecule has 0 radical (unpaired) electrons. The first-order valence-corrected chi connectivity index (χ1v) is 45.3. The summed E-state index contributed by atoms with van der Waals surface area (Å²) in [5, 5.41) is 66.4. The Kier molecular flexibility index (Phi) is 25.7. The largest absolute Gasteiger partial charge is 0.391 e. The summed E-state index contributed by atoms with van der Waals surface area (Å²) in [6, 6.07) is 32.2. The molecule has 0 spiro atoms. The van der Waals surface area contributed by atoms with Crippen LogP contribution in [0.3, 0.4) is 0 Å². The van der Waals surface area contributed by atoms with Crippen LogP contribution >= 0.6 is 45.9 Å². The van der Waals surface area contributed by atoms with Crippen LogP contribution in [0.25, 0.3) is 55.6 Å². The summed E-state index contributed by atoms with van der Waals surface area (Å²) in [6.45, 7) is 5.83. The number of carbonyl (C=O) groups excluding carboxylic acids is 2. The second-order valence-electron chi connectivity index (χ2n) is 30.4. The van der Waals surface area contributed by atoms with Crippen molar-refractivity contribution in [3.05, 3.63) is 229 Å². The number of nitrogens with one attached hydrogen (secondary N) is 11. The second kappa shape index (κ2) is 37.5. The summed E-state index contributed by atoms with van der Waals surface area (Å²) in [7, 11) is -5.94. The van der Waals surface area contributed by atoms with Crippen LogP contribution in [0.5, 0.6) is 0 Å². The summed E-state index contributed by atoms with van der Waals surface area (Å²) < 4.78 is 77.5. The fourth-order valence-corrected chi connectivity index (χ4v) is 16.6. The lowest BCUT2D eigenvalue weighted by atomic mass is 10.1. The van der Waals surface area contributed by atoms with Crippen molar-refractivity contribution in [2.45, 2.75) is 130 Å². The number of carbonyl (C=O) groups is 2. The number of nitrogens with zero attached hydrogens (tertiary/aromatic N) is 15. The maximum Gasteiger partial charge on any atom is 0.250 e. The lowest BCUT2D eigenvalue weighted by Crippen LogP contribution is -2.17. The van der Waals surface area contributed by atoms with Gasteiger partial charge in [0.25, 0.3) is 0 Å². The van der Waals surface area contributed by atoms with Gasteiger partial charge in [-0.3, -0.25) is 35.1 Å². The van der Waals surface area contributed by atoms with Crippen LogP contribution in [0.1, 0.15) is 173 Å². The molecule has 12 heterocycles. The molecule has 0 atom stereocenters. The Bertz CT molecular complexity index is 6710. The molecule has 12 aromatic heterocycles. The number of amides is 2. The van der Waals surface area contributed by atoms with Crippen molar-refractivity contribution in [2.24, 2.45) is 16.6 Å². The number of hydrogen-bond donors (Lipinski definition) is 15. The molecule has 127 heavy (non-hydrogen) atoms. The zero-order chi connectivity index (χ0) is 89.0. The SMILES string of the molecule is CNS(=O)(=O)c1ccc(-c2ncc(C)c(Nc3cc(C4CC4)[nH]n3)n2)s1.Cc1cnc(-c2ccc(CO)s2)nc1Nc1cc(C2CC2)[nH]n1.Cc1cnc(-c2ccc(Cl)c(C(N)=O)c2)nc1Nc1cc(C2CC2)[nH]n1.NC(=O)c1cc(-c2ncc(F)c(Nc3cc(C4CC4)[nH]n3)n2)ccc1Cl.NS(=O)(=O)c1cccc(-c2ncc(F)c(Nc3cc(C4CC4)[nH]n3)n2)c1.[HH].[HH].[HH].[HH].[HH].[HH]. The number of sulfonamides is 2. The van der Waals surface area contributed by atoms with Gasteiger partial charge < -0.3 is 43.2 Å². The third-order valence-electron chi connectivity index (χ3n) is 20.5. The van der Waals surface area contributed by atoms with Crippen LogP contribution in [-0.4, -0.2) is 142 Å². The van der Waals surface area contributed by atoms with E-state index in [4.69, 9.17) is 39.8 Å². The Labute approximate surface area is 751 Å². The molecule has 36 nitrogen and oxygen atoms in total. The van der Waals surface area contributed by atoms with Crippen LogP contribution in [0.4, 0.5) is 67.0 Å². The molecule has 0 unspecified atom stereocenters. The number of aromatic nitrogens is 20. The minimum Gasteiger partial charge on any atom is -0.391 e. The maximum absolute atomic E-state index is 14.1. The first kappa shape index (κ1) is 87.2. The highest BCUT2D eigenvalue weighted by Crippen LogP contribution is 2.45. The number of benzene rings is 3. The molecule has 5 saturated carbocycles. The molecular formula is C83H93Cl2F2N29O7S4. The molecule has 2 amide bonds. The Morgan fingerprint density at radius 1 is 0.449 bits per heavy atom. The summed E-state index contributed by atoms with van der Waals surface area (Å²) in [4.78, 5) is 68.4. The monoisotopic (exact) mass is 1840 g/mol. The lowest BCUT2D eigenvalue weighted by molar-refractivity contribution is 0.0992. The zero-order valence-corrected chi connectivity index (χ0v) is 72.8. The Morgan fingerprint density at radius 2 is 0.780 bits per heavy atom. The van der Waals surface area contributed by atoms with Gasteiger partial charge in [0, 0.05) is 154 Å². The Morgan fingerprint density at radius 3 is 1.13 bits per heavy atom. The molecule has 15 aromatic rings. The van der Waals surface area contributed by atoms with Gasteiger partial charge in [0.15, 0.2) is 81.5 Å². The number of primary amides is 2. The van der Waals surface area contributed by atoms with E-state index in [9.17, 15) is 40.3 Å². The van der Waals surface area contributed by atoms with E-state index in [2.05, 4.69) is 132 Å². The molecule has 664 valence electrons. The van der Waals surface area contributed by atoms with E-state index in [-0.39, 0.29) is 63.7 Å². The van der Waals surface area contributed by atoms with Gasteiger partial charge in [0.1, 0.15) is 21.7 Å². The number of thiophene rings is 2.